The van der Waals surface area contributed by atoms with Crippen LogP contribution in [0.2, 0.25) is 0 Å². The van der Waals surface area contributed by atoms with Gasteiger partial charge in [0.1, 0.15) is 0 Å². The highest BCUT2D eigenvalue weighted by Crippen LogP contribution is 2.35. The lowest BCUT2D eigenvalue weighted by Gasteiger charge is -2.15. The highest BCUT2D eigenvalue weighted by Gasteiger charge is 2.33. The summed E-state index contributed by atoms with van der Waals surface area (Å²) in [6, 6.07) is 15.4. The van der Waals surface area contributed by atoms with E-state index < -0.39 is 5.97 Å². The minimum atomic E-state index is -1.26. The standard InChI is InChI=1S/C17H11NO3S2/c19-15-14(10-11-4-2-1-3-5-11)23-17(22)18(15)13-8-6-12(7-9-13)16(20)21/h1-10H,(H,20,21)/p-1. The van der Waals surface area contributed by atoms with Gasteiger partial charge < -0.3 is 9.90 Å². The molecule has 2 aromatic carbocycles. The van der Waals surface area contributed by atoms with E-state index in [4.69, 9.17) is 12.2 Å². The van der Waals surface area contributed by atoms with Crippen LogP contribution in [0.1, 0.15) is 15.9 Å². The minimum absolute atomic E-state index is 0.0546. The molecule has 3 rings (SSSR count). The van der Waals surface area contributed by atoms with E-state index >= 15 is 0 Å². The molecule has 0 unspecified atom stereocenters. The molecule has 0 bridgehead atoms. The van der Waals surface area contributed by atoms with Crippen molar-refractivity contribution in [3.63, 3.8) is 0 Å². The number of thiocarbonyl (C=S) groups is 1. The van der Waals surface area contributed by atoms with Crippen LogP contribution < -0.4 is 10.0 Å². The molecule has 1 amide bonds. The molecule has 0 atom stereocenters. The zero-order valence-electron chi connectivity index (χ0n) is 11.8. The van der Waals surface area contributed by atoms with Crippen molar-refractivity contribution in [2.45, 2.75) is 0 Å². The van der Waals surface area contributed by atoms with Gasteiger partial charge in [0.2, 0.25) is 0 Å². The first-order valence-corrected chi connectivity index (χ1v) is 7.93. The number of rotatable bonds is 3. The summed E-state index contributed by atoms with van der Waals surface area (Å²) in [5.74, 6) is -1.48. The Morgan fingerprint density at radius 1 is 1.09 bits per heavy atom. The Morgan fingerprint density at radius 2 is 1.74 bits per heavy atom. The average Bonchev–Trinajstić information content (AvgIpc) is 2.82. The van der Waals surface area contributed by atoms with E-state index in [1.807, 2.05) is 30.3 Å². The van der Waals surface area contributed by atoms with Gasteiger partial charge >= 0.3 is 0 Å². The summed E-state index contributed by atoms with van der Waals surface area (Å²) in [4.78, 5) is 25.3. The topological polar surface area (TPSA) is 60.4 Å². The van der Waals surface area contributed by atoms with Crippen molar-refractivity contribution in [2.24, 2.45) is 0 Å². The lowest BCUT2D eigenvalue weighted by Crippen LogP contribution is -2.28. The quantitative estimate of drug-likeness (QED) is 0.634. The summed E-state index contributed by atoms with van der Waals surface area (Å²) in [7, 11) is 0. The summed E-state index contributed by atoms with van der Waals surface area (Å²) >= 11 is 6.50. The molecular formula is C17H10NO3S2-. The zero-order valence-corrected chi connectivity index (χ0v) is 13.4. The van der Waals surface area contributed by atoms with Gasteiger partial charge in [0, 0.05) is 0 Å². The van der Waals surface area contributed by atoms with Crippen molar-refractivity contribution in [3.05, 3.63) is 70.6 Å². The predicted octanol–water partition coefficient (Wildman–Crippen LogP) is 2.46. The first-order chi connectivity index (χ1) is 11.1. The lowest BCUT2D eigenvalue weighted by atomic mass is 10.2. The average molecular weight is 340 g/mol. The number of carboxylic acids is 1. The third-order valence-electron chi connectivity index (χ3n) is 3.25. The first kappa shape index (κ1) is 15.5. The number of amides is 1. The van der Waals surface area contributed by atoms with E-state index in [2.05, 4.69) is 0 Å². The van der Waals surface area contributed by atoms with Crippen LogP contribution in [0.3, 0.4) is 0 Å². The smallest absolute Gasteiger partial charge is 0.270 e. The van der Waals surface area contributed by atoms with Gasteiger partial charge in [-0.05, 0) is 29.3 Å². The van der Waals surface area contributed by atoms with Crippen LogP contribution in [-0.2, 0) is 4.79 Å². The number of anilines is 1. The fourth-order valence-corrected chi connectivity index (χ4v) is 3.44. The van der Waals surface area contributed by atoms with E-state index in [9.17, 15) is 14.7 Å². The van der Waals surface area contributed by atoms with Gasteiger partial charge in [0.25, 0.3) is 5.91 Å². The number of carbonyl (C=O) groups excluding carboxylic acids is 2. The van der Waals surface area contributed by atoms with Crippen molar-refractivity contribution < 1.29 is 14.7 Å². The fraction of sp³-hybridized carbons (Fsp3) is 0. The monoisotopic (exact) mass is 340 g/mol. The zero-order chi connectivity index (χ0) is 16.4. The van der Waals surface area contributed by atoms with Crippen LogP contribution in [-0.4, -0.2) is 16.2 Å². The highest BCUT2D eigenvalue weighted by atomic mass is 32.2. The summed E-state index contributed by atoms with van der Waals surface area (Å²) in [5, 5.41) is 10.8. The van der Waals surface area contributed by atoms with Crippen molar-refractivity contribution in [1.29, 1.82) is 0 Å². The van der Waals surface area contributed by atoms with Crippen molar-refractivity contribution >= 4 is 51.9 Å². The van der Waals surface area contributed by atoms with Gasteiger partial charge in [0.05, 0.1) is 16.6 Å². The molecule has 0 N–H and O–H groups in total. The van der Waals surface area contributed by atoms with E-state index in [1.165, 1.54) is 28.8 Å². The van der Waals surface area contributed by atoms with Gasteiger partial charge in [-0.2, -0.15) is 0 Å². The number of hydrogen-bond acceptors (Lipinski definition) is 5. The van der Waals surface area contributed by atoms with Crippen LogP contribution >= 0.6 is 24.0 Å². The Bertz CT molecular complexity index is 813. The molecule has 114 valence electrons. The largest absolute Gasteiger partial charge is 0.545 e. The maximum Gasteiger partial charge on any atom is 0.270 e. The number of benzene rings is 2. The van der Waals surface area contributed by atoms with Crippen LogP contribution in [0.4, 0.5) is 5.69 Å². The van der Waals surface area contributed by atoms with Crippen molar-refractivity contribution in [1.82, 2.24) is 0 Å². The van der Waals surface area contributed by atoms with Gasteiger partial charge in [-0.1, -0.05) is 66.4 Å². The third-order valence-corrected chi connectivity index (χ3v) is 4.55. The minimum Gasteiger partial charge on any atom is -0.545 e. The van der Waals surface area contributed by atoms with Gasteiger partial charge in [0.15, 0.2) is 4.32 Å². The molecular weight excluding hydrogens is 330 g/mol. The molecule has 0 radical (unpaired) electrons. The normalized spacial score (nSPS) is 16.2. The Kier molecular flexibility index (Phi) is 4.27. The number of carboxylic acid groups (broad SMARTS) is 1. The number of aromatic carboxylic acids is 1. The van der Waals surface area contributed by atoms with Crippen LogP contribution in [0, 0.1) is 0 Å². The molecule has 1 fully saturated rings. The van der Waals surface area contributed by atoms with Crippen molar-refractivity contribution in [3.8, 4) is 0 Å². The Hall–Kier alpha value is -2.44. The van der Waals surface area contributed by atoms with Gasteiger partial charge in [-0.3, -0.25) is 9.69 Å². The molecule has 1 saturated heterocycles. The molecule has 0 saturated carbocycles. The molecule has 6 heteroatoms. The van der Waals surface area contributed by atoms with Crippen molar-refractivity contribution in [2.75, 3.05) is 4.90 Å². The lowest BCUT2D eigenvalue weighted by molar-refractivity contribution is -0.255. The molecule has 1 aliphatic rings. The highest BCUT2D eigenvalue weighted by molar-refractivity contribution is 8.27. The molecule has 1 aliphatic heterocycles. The summed E-state index contributed by atoms with van der Waals surface area (Å²) < 4.78 is 0.415. The van der Waals surface area contributed by atoms with E-state index in [0.29, 0.717) is 14.9 Å². The molecule has 0 aromatic heterocycles. The Labute approximate surface area is 142 Å². The molecule has 23 heavy (non-hydrogen) atoms. The number of hydrogen-bond donors (Lipinski definition) is 0. The van der Waals surface area contributed by atoms with E-state index in [1.54, 1.807) is 18.2 Å². The number of thioether (sulfide) groups is 1. The summed E-state index contributed by atoms with van der Waals surface area (Å²) in [5.41, 5.74) is 1.51. The maximum atomic E-state index is 12.6. The van der Waals surface area contributed by atoms with E-state index in [-0.39, 0.29) is 11.5 Å². The SMILES string of the molecule is O=C([O-])c1ccc(N2C(=O)C(=Cc3ccccc3)SC2=S)cc1. The summed E-state index contributed by atoms with van der Waals surface area (Å²) in [6.07, 6.45) is 1.79. The Balaban J connectivity index is 1.90. The van der Waals surface area contributed by atoms with Crippen LogP contribution in [0.5, 0.6) is 0 Å². The molecule has 0 spiro atoms. The second-order valence-electron chi connectivity index (χ2n) is 4.76. The van der Waals surface area contributed by atoms with Crippen LogP contribution in [0.25, 0.3) is 6.08 Å². The van der Waals surface area contributed by atoms with Crippen LogP contribution in [0.15, 0.2) is 59.5 Å². The molecule has 4 nitrogen and oxygen atoms in total. The molecule has 1 heterocycles. The van der Waals surface area contributed by atoms with E-state index in [0.717, 1.165) is 5.56 Å². The van der Waals surface area contributed by atoms with Gasteiger partial charge in [-0.25, -0.2) is 0 Å². The third kappa shape index (κ3) is 3.18. The molecule has 2 aromatic rings. The predicted molar refractivity (Wildman–Crippen MR) is 92.9 cm³/mol. The number of nitrogens with zero attached hydrogens (tertiary/aromatic N) is 1. The second-order valence-corrected chi connectivity index (χ2v) is 6.44. The van der Waals surface area contributed by atoms with Gasteiger partial charge in [-0.15, -0.1) is 0 Å². The number of carbonyl (C=O) groups is 2. The first-order valence-electron chi connectivity index (χ1n) is 6.70. The fourth-order valence-electron chi connectivity index (χ4n) is 2.14. The second kappa shape index (κ2) is 6.36. The Morgan fingerprint density at radius 3 is 2.35 bits per heavy atom. The molecule has 0 aliphatic carbocycles. The maximum absolute atomic E-state index is 12.6. The summed E-state index contributed by atoms with van der Waals surface area (Å²) in [6.45, 7) is 0.